The number of hydrogen-bond acceptors (Lipinski definition) is 6. The first kappa shape index (κ1) is 19.2. The average Bonchev–Trinajstić information content (AvgIpc) is 3.09. The fourth-order valence-electron chi connectivity index (χ4n) is 3.18. The molecule has 0 saturated carbocycles. The highest BCUT2D eigenvalue weighted by molar-refractivity contribution is 5.36. The molecule has 2 aromatic rings. The summed E-state index contributed by atoms with van der Waals surface area (Å²) in [7, 11) is 4.06. The van der Waals surface area contributed by atoms with Gasteiger partial charge in [-0.05, 0) is 44.8 Å². The minimum Gasteiger partial charge on any atom is -0.492 e. The molecule has 1 atom stereocenters. The van der Waals surface area contributed by atoms with Crippen LogP contribution in [0.3, 0.4) is 0 Å². The van der Waals surface area contributed by atoms with Crippen LogP contribution in [0.15, 0.2) is 42.6 Å². The van der Waals surface area contributed by atoms with Crippen LogP contribution in [0.5, 0.6) is 11.5 Å². The molecule has 2 heterocycles. The van der Waals surface area contributed by atoms with Crippen molar-refractivity contribution in [2.75, 3.05) is 40.3 Å². The Hall–Kier alpha value is -2.62. The van der Waals surface area contributed by atoms with E-state index in [9.17, 15) is 0 Å². The quantitative estimate of drug-likeness (QED) is 0.716. The van der Waals surface area contributed by atoms with Crippen molar-refractivity contribution in [1.29, 1.82) is 5.26 Å². The normalized spacial score (nSPS) is 17.0. The third kappa shape index (κ3) is 5.95. The molecule has 142 valence electrons. The Bertz CT molecular complexity index is 788. The van der Waals surface area contributed by atoms with Gasteiger partial charge >= 0.3 is 0 Å². The van der Waals surface area contributed by atoms with Gasteiger partial charge in [0.2, 0.25) is 0 Å². The van der Waals surface area contributed by atoms with Crippen LogP contribution in [0.1, 0.15) is 17.7 Å². The number of nitrogens with zero attached hydrogens (tertiary/aromatic N) is 4. The van der Waals surface area contributed by atoms with Crippen LogP contribution < -0.4 is 9.47 Å². The summed E-state index contributed by atoms with van der Waals surface area (Å²) in [4.78, 5) is 8.82. The predicted molar refractivity (Wildman–Crippen MR) is 104 cm³/mol. The summed E-state index contributed by atoms with van der Waals surface area (Å²) in [6.45, 7) is 4.15. The van der Waals surface area contributed by atoms with Gasteiger partial charge in [-0.25, -0.2) is 0 Å². The fraction of sp³-hybridized carbons (Fsp3) is 0.429. The zero-order chi connectivity index (χ0) is 19.1. The van der Waals surface area contributed by atoms with Crippen molar-refractivity contribution in [3.63, 3.8) is 0 Å². The molecule has 1 fully saturated rings. The lowest BCUT2D eigenvalue weighted by Crippen LogP contribution is -2.28. The fourth-order valence-corrected chi connectivity index (χ4v) is 3.18. The summed E-state index contributed by atoms with van der Waals surface area (Å²) in [6, 6.07) is 13.3. The summed E-state index contributed by atoms with van der Waals surface area (Å²) in [5.41, 5.74) is 1.63. The Balaban J connectivity index is 1.43. The van der Waals surface area contributed by atoms with Gasteiger partial charge in [-0.1, -0.05) is 6.07 Å². The summed E-state index contributed by atoms with van der Waals surface area (Å²) in [5.74, 6) is 1.63. The Morgan fingerprint density at radius 3 is 2.96 bits per heavy atom. The maximum Gasteiger partial charge on any atom is 0.123 e. The van der Waals surface area contributed by atoms with Crippen LogP contribution in [-0.4, -0.2) is 61.2 Å². The Labute approximate surface area is 160 Å². The van der Waals surface area contributed by atoms with Crippen molar-refractivity contribution in [3.05, 3.63) is 53.9 Å². The van der Waals surface area contributed by atoms with E-state index in [1.807, 2.05) is 44.6 Å². The van der Waals surface area contributed by atoms with Crippen LogP contribution in [0.25, 0.3) is 0 Å². The van der Waals surface area contributed by atoms with Gasteiger partial charge in [-0.2, -0.15) is 5.26 Å². The van der Waals surface area contributed by atoms with Gasteiger partial charge in [0.25, 0.3) is 0 Å². The lowest BCUT2D eigenvalue weighted by molar-refractivity contribution is 0.186. The van der Waals surface area contributed by atoms with Gasteiger partial charge in [0, 0.05) is 38.4 Å². The lowest BCUT2D eigenvalue weighted by Gasteiger charge is -2.17. The maximum absolute atomic E-state index is 8.94. The van der Waals surface area contributed by atoms with Crippen molar-refractivity contribution in [2.45, 2.75) is 19.1 Å². The monoisotopic (exact) mass is 366 g/mol. The molecule has 6 heteroatoms. The molecule has 1 saturated heterocycles. The highest BCUT2D eigenvalue weighted by atomic mass is 16.5. The second-order valence-corrected chi connectivity index (χ2v) is 7.04. The van der Waals surface area contributed by atoms with E-state index >= 15 is 0 Å². The average molecular weight is 366 g/mol. The summed E-state index contributed by atoms with van der Waals surface area (Å²) >= 11 is 0. The highest BCUT2D eigenvalue weighted by Crippen LogP contribution is 2.19. The summed E-state index contributed by atoms with van der Waals surface area (Å²) in [6.07, 6.45) is 3.01. The number of benzene rings is 1. The molecular weight excluding hydrogens is 340 g/mol. The second kappa shape index (κ2) is 9.36. The Morgan fingerprint density at radius 2 is 2.15 bits per heavy atom. The summed E-state index contributed by atoms with van der Waals surface area (Å²) in [5, 5.41) is 8.94. The minimum atomic E-state index is 0.196. The predicted octanol–water partition coefficient (Wildman–Crippen LogP) is 2.55. The molecule has 0 aliphatic carbocycles. The molecule has 1 aromatic heterocycles. The topological polar surface area (TPSA) is 61.6 Å². The first-order chi connectivity index (χ1) is 13.1. The van der Waals surface area contributed by atoms with Gasteiger partial charge in [0.15, 0.2) is 0 Å². The van der Waals surface area contributed by atoms with Crippen molar-refractivity contribution in [2.24, 2.45) is 0 Å². The standard InChI is InChI=1S/C21H26N4O2/c1-24(2)15-18-13-20(6-8-23-18)27-21-7-9-25(16-21)10-11-26-19-5-3-4-17(12-19)14-22/h3-6,8,12-13,21H,7,9-11,15-16H2,1-2H3. The van der Waals surface area contributed by atoms with E-state index < -0.39 is 0 Å². The number of nitriles is 1. The minimum absolute atomic E-state index is 0.196. The molecule has 1 aromatic carbocycles. The van der Waals surface area contributed by atoms with Crippen LogP contribution in [0.2, 0.25) is 0 Å². The highest BCUT2D eigenvalue weighted by Gasteiger charge is 2.23. The SMILES string of the molecule is CN(C)Cc1cc(OC2CCN(CCOc3cccc(C#N)c3)C2)ccn1. The molecule has 3 rings (SSSR count). The van der Waals surface area contributed by atoms with E-state index in [4.69, 9.17) is 14.7 Å². The van der Waals surface area contributed by atoms with E-state index in [-0.39, 0.29) is 6.10 Å². The van der Waals surface area contributed by atoms with Gasteiger partial charge in [0.1, 0.15) is 24.2 Å². The van der Waals surface area contributed by atoms with E-state index in [0.717, 1.165) is 49.8 Å². The third-order valence-corrected chi connectivity index (χ3v) is 4.44. The molecule has 0 radical (unpaired) electrons. The van der Waals surface area contributed by atoms with Crippen LogP contribution >= 0.6 is 0 Å². The number of likely N-dealkylation sites (tertiary alicyclic amines) is 1. The third-order valence-electron chi connectivity index (χ3n) is 4.44. The molecular formula is C21H26N4O2. The molecule has 0 N–H and O–H groups in total. The van der Waals surface area contributed by atoms with Gasteiger partial charge in [0.05, 0.1) is 17.3 Å². The molecule has 0 bridgehead atoms. The zero-order valence-corrected chi connectivity index (χ0v) is 16.0. The maximum atomic E-state index is 8.94. The van der Waals surface area contributed by atoms with Gasteiger partial charge in [-0.3, -0.25) is 9.88 Å². The molecule has 27 heavy (non-hydrogen) atoms. The first-order valence-electron chi connectivity index (χ1n) is 9.24. The van der Waals surface area contributed by atoms with E-state index in [0.29, 0.717) is 12.2 Å². The zero-order valence-electron chi connectivity index (χ0n) is 16.0. The molecule has 0 amide bonds. The largest absolute Gasteiger partial charge is 0.492 e. The van der Waals surface area contributed by atoms with Crippen molar-refractivity contribution in [1.82, 2.24) is 14.8 Å². The van der Waals surface area contributed by atoms with Crippen LogP contribution in [-0.2, 0) is 6.54 Å². The number of pyridine rings is 1. The first-order valence-corrected chi connectivity index (χ1v) is 9.24. The molecule has 6 nitrogen and oxygen atoms in total. The van der Waals surface area contributed by atoms with Crippen molar-refractivity contribution >= 4 is 0 Å². The van der Waals surface area contributed by atoms with Gasteiger partial charge < -0.3 is 14.4 Å². The smallest absolute Gasteiger partial charge is 0.123 e. The molecule has 0 spiro atoms. The van der Waals surface area contributed by atoms with E-state index in [1.54, 1.807) is 12.1 Å². The molecule has 1 unspecified atom stereocenters. The Morgan fingerprint density at radius 1 is 1.26 bits per heavy atom. The van der Waals surface area contributed by atoms with Crippen LogP contribution in [0.4, 0.5) is 0 Å². The van der Waals surface area contributed by atoms with Crippen molar-refractivity contribution < 1.29 is 9.47 Å². The molecule has 1 aliphatic rings. The van der Waals surface area contributed by atoms with E-state index in [2.05, 4.69) is 20.9 Å². The van der Waals surface area contributed by atoms with Crippen LogP contribution in [0, 0.1) is 11.3 Å². The van der Waals surface area contributed by atoms with Gasteiger partial charge in [-0.15, -0.1) is 0 Å². The molecule has 1 aliphatic heterocycles. The summed E-state index contributed by atoms with van der Waals surface area (Å²) < 4.78 is 11.9. The Kier molecular flexibility index (Phi) is 6.64. The van der Waals surface area contributed by atoms with E-state index in [1.165, 1.54) is 0 Å². The number of ether oxygens (including phenoxy) is 2. The number of hydrogen-bond donors (Lipinski definition) is 0. The number of rotatable bonds is 8. The lowest BCUT2D eigenvalue weighted by atomic mass is 10.2. The number of aromatic nitrogens is 1. The van der Waals surface area contributed by atoms with Crippen molar-refractivity contribution in [3.8, 4) is 17.6 Å². The second-order valence-electron chi connectivity index (χ2n) is 7.04.